The predicted octanol–water partition coefficient (Wildman–Crippen LogP) is 1.88. The van der Waals surface area contributed by atoms with E-state index in [4.69, 9.17) is 5.14 Å². The molecule has 2 N–H and O–H groups in total. The molecule has 1 fully saturated rings. The zero-order chi connectivity index (χ0) is 10.8. The molecule has 14 heavy (non-hydrogen) atoms. The average Bonchev–Trinajstić information content (AvgIpc) is 2.30. The molecule has 4 heteroatoms. The van der Waals surface area contributed by atoms with Crippen molar-refractivity contribution in [2.75, 3.05) is 5.75 Å². The molecular weight excluding hydrogens is 198 g/mol. The molecule has 0 aromatic heterocycles. The first-order chi connectivity index (χ1) is 6.33. The largest absolute Gasteiger partial charge is 0.229 e. The second-order valence-corrected chi connectivity index (χ2v) is 6.73. The summed E-state index contributed by atoms with van der Waals surface area (Å²) in [6.07, 6.45) is 5.36. The minimum atomic E-state index is -3.31. The molecule has 1 aliphatic rings. The molecule has 0 heterocycles. The maximum absolute atomic E-state index is 11.2. The lowest BCUT2D eigenvalue weighted by molar-refractivity contribution is 0.268. The van der Waals surface area contributed by atoms with Crippen LogP contribution in [0.2, 0.25) is 0 Å². The number of hydrogen-bond donors (Lipinski definition) is 1. The van der Waals surface area contributed by atoms with E-state index >= 15 is 0 Å². The van der Waals surface area contributed by atoms with Crippen LogP contribution in [0.3, 0.4) is 0 Å². The summed E-state index contributed by atoms with van der Waals surface area (Å²) in [6, 6.07) is 0. The molecule has 0 spiro atoms. The molecular formula is C10H21NO2S. The minimum absolute atomic E-state index is 0.0122. The molecule has 0 aliphatic heterocycles. The summed E-state index contributed by atoms with van der Waals surface area (Å²) in [6.45, 7) is 4.28. The summed E-state index contributed by atoms with van der Waals surface area (Å²) in [5, 5.41) is 5.15. The fourth-order valence-electron chi connectivity index (χ4n) is 2.83. The van der Waals surface area contributed by atoms with Crippen LogP contribution in [0.4, 0.5) is 0 Å². The number of nitrogens with two attached hydrogens (primary N) is 1. The molecule has 3 nitrogen and oxygen atoms in total. The fourth-order valence-corrected chi connectivity index (χ4v) is 4.09. The third-order valence-electron chi connectivity index (χ3n) is 3.01. The SMILES string of the molecule is CC(C)CC1(CS(N)(=O)=O)CCCC1. The molecule has 0 atom stereocenters. The van der Waals surface area contributed by atoms with Crippen molar-refractivity contribution in [2.45, 2.75) is 46.0 Å². The standard InChI is InChI=1S/C10H21NO2S/c1-9(2)7-10(5-3-4-6-10)8-14(11,12)13/h9H,3-8H2,1-2H3,(H2,11,12,13). The normalized spacial score (nSPS) is 21.7. The van der Waals surface area contributed by atoms with Gasteiger partial charge in [0, 0.05) is 0 Å². The Balaban J connectivity index is 2.72. The Morgan fingerprint density at radius 1 is 1.29 bits per heavy atom. The summed E-state index contributed by atoms with van der Waals surface area (Å²) in [5.41, 5.74) is -0.0122. The molecule has 1 aliphatic carbocycles. The maximum Gasteiger partial charge on any atom is 0.209 e. The van der Waals surface area contributed by atoms with Crippen LogP contribution < -0.4 is 5.14 Å². The summed E-state index contributed by atoms with van der Waals surface area (Å²) in [5.74, 6) is 0.730. The lowest BCUT2D eigenvalue weighted by Gasteiger charge is -2.29. The van der Waals surface area contributed by atoms with Crippen molar-refractivity contribution in [3.05, 3.63) is 0 Å². The molecule has 0 radical (unpaired) electrons. The van der Waals surface area contributed by atoms with Gasteiger partial charge in [0.25, 0.3) is 0 Å². The van der Waals surface area contributed by atoms with Crippen LogP contribution in [-0.4, -0.2) is 14.2 Å². The van der Waals surface area contributed by atoms with Crippen molar-refractivity contribution in [2.24, 2.45) is 16.5 Å². The van der Waals surface area contributed by atoms with E-state index in [1.165, 1.54) is 0 Å². The van der Waals surface area contributed by atoms with E-state index in [2.05, 4.69) is 13.8 Å². The van der Waals surface area contributed by atoms with Gasteiger partial charge in [-0.25, -0.2) is 13.6 Å². The van der Waals surface area contributed by atoms with E-state index in [9.17, 15) is 8.42 Å². The highest BCUT2D eigenvalue weighted by atomic mass is 32.2. The monoisotopic (exact) mass is 219 g/mol. The molecule has 0 aromatic carbocycles. The van der Waals surface area contributed by atoms with E-state index in [0.29, 0.717) is 5.92 Å². The van der Waals surface area contributed by atoms with Crippen molar-refractivity contribution < 1.29 is 8.42 Å². The van der Waals surface area contributed by atoms with Crippen LogP contribution in [0.25, 0.3) is 0 Å². The van der Waals surface area contributed by atoms with Gasteiger partial charge < -0.3 is 0 Å². The zero-order valence-corrected chi connectivity index (χ0v) is 9.94. The van der Waals surface area contributed by atoms with Crippen molar-refractivity contribution >= 4 is 10.0 Å². The second kappa shape index (κ2) is 4.19. The van der Waals surface area contributed by atoms with Crippen molar-refractivity contribution in [1.29, 1.82) is 0 Å². The van der Waals surface area contributed by atoms with Crippen LogP contribution in [0.5, 0.6) is 0 Å². The van der Waals surface area contributed by atoms with Gasteiger partial charge in [-0.15, -0.1) is 0 Å². The van der Waals surface area contributed by atoms with Gasteiger partial charge in [0.05, 0.1) is 5.75 Å². The maximum atomic E-state index is 11.2. The number of rotatable bonds is 4. The van der Waals surface area contributed by atoms with Crippen LogP contribution in [0.15, 0.2) is 0 Å². The Labute approximate surface area is 87.1 Å². The highest BCUT2D eigenvalue weighted by Gasteiger charge is 2.37. The zero-order valence-electron chi connectivity index (χ0n) is 9.12. The van der Waals surface area contributed by atoms with E-state index in [0.717, 1.165) is 32.1 Å². The average molecular weight is 219 g/mol. The van der Waals surface area contributed by atoms with Gasteiger partial charge in [-0.05, 0) is 30.6 Å². The molecule has 0 saturated heterocycles. The molecule has 0 amide bonds. The molecule has 84 valence electrons. The quantitative estimate of drug-likeness (QED) is 0.784. The first kappa shape index (κ1) is 12.0. The third kappa shape index (κ3) is 3.58. The molecule has 0 aromatic rings. The Hall–Kier alpha value is -0.0900. The fraction of sp³-hybridized carbons (Fsp3) is 1.00. The number of sulfonamides is 1. The van der Waals surface area contributed by atoms with E-state index in [-0.39, 0.29) is 11.2 Å². The summed E-state index contributed by atoms with van der Waals surface area (Å²) < 4.78 is 22.3. The minimum Gasteiger partial charge on any atom is -0.229 e. The molecule has 0 unspecified atom stereocenters. The second-order valence-electron chi connectivity index (χ2n) is 5.11. The van der Waals surface area contributed by atoms with E-state index in [1.54, 1.807) is 0 Å². The van der Waals surface area contributed by atoms with Gasteiger partial charge in [0.15, 0.2) is 0 Å². The van der Waals surface area contributed by atoms with E-state index in [1.807, 2.05) is 0 Å². The van der Waals surface area contributed by atoms with Gasteiger partial charge in [-0.3, -0.25) is 0 Å². The Kier molecular flexibility index (Phi) is 3.58. The number of hydrogen-bond acceptors (Lipinski definition) is 2. The van der Waals surface area contributed by atoms with Gasteiger partial charge >= 0.3 is 0 Å². The van der Waals surface area contributed by atoms with Gasteiger partial charge in [0.1, 0.15) is 0 Å². The van der Waals surface area contributed by atoms with Crippen LogP contribution in [0, 0.1) is 11.3 Å². The summed E-state index contributed by atoms with van der Waals surface area (Å²) >= 11 is 0. The van der Waals surface area contributed by atoms with Crippen molar-refractivity contribution in [3.63, 3.8) is 0 Å². The van der Waals surface area contributed by atoms with Gasteiger partial charge in [-0.1, -0.05) is 26.7 Å². The Morgan fingerprint density at radius 3 is 2.14 bits per heavy atom. The van der Waals surface area contributed by atoms with Gasteiger partial charge in [0.2, 0.25) is 10.0 Å². The topological polar surface area (TPSA) is 60.2 Å². The molecule has 1 saturated carbocycles. The van der Waals surface area contributed by atoms with Gasteiger partial charge in [-0.2, -0.15) is 0 Å². The third-order valence-corrected chi connectivity index (χ3v) is 4.03. The number of primary sulfonamides is 1. The highest BCUT2D eigenvalue weighted by molar-refractivity contribution is 7.89. The summed E-state index contributed by atoms with van der Waals surface area (Å²) in [4.78, 5) is 0. The first-order valence-electron chi connectivity index (χ1n) is 5.33. The van der Waals surface area contributed by atoms with Crippen LogP contribution >= 0.6 is 0 Å². The van der Waals surface area contributed by atoms with Crippen LogP contribution in [0.1, 0.15) is 46.0 Å². The highest BCUT2D eigenvalue weighted by Crippen LogP contribution is 2.43. The van der Waals surface area contributed by atoms with Crippen molar-refractivity contribution in [1.82, 2.24) is 0 Å². The summed E-state index contributed by atoms with van der Waals surface area (Å²) in [7, 11) is -3.31. The smallest absolute Gasteiger partial charge is 0.209 e. The van der Waals surface area contributed by atoms with Crippen molar-refractivity contribution in [3.8, 4) is 0 Å². The molecule has 1 rings (SSSR count). The predicted molar refractivity (Wildman–Crippen MR) is 58.3 cm³/mol. The Morgan fingerprint density at radius 2 is 1.79 bits per heavy atom. The van der Waals surface area contributed by atoms with Crippen LogP contribution in [-0.2, 0) is 10.0 Å². The lowest BCUT2D eigenvalue weighted by Crippen LogP contribution is -2.32. The first-order valence-corrected chi connectivity index (χ1v) is 7.05. The van der Waals surface area contributed by atoms with E-state index < -0.39 is 10.0 Å². The molecule has 0 bridgehead atoms. The lowest BCUT2D eigenvalue weighted by atomic mass is 9.80. The Bertz CT molecular complexity index is 276.